The number of aliphatic imine (C=N–C) groups is 1. The summed E-state index contributed by atoms with van der Waals surface area (Å²) in [5, 5.41) is 7.07. The molecule has 1 saturated heterocycles. The molecular weight excluding hydrogens is 400 g/mol. The lowest BCUT2D eigenvalue weighted by molar-refractivity contribution is 0.158. The summed E-state index contributed by atoms with van der Waals surface area (Å²) in [6.07, 6.45) is 3.37. The number of hydrogen-bond donors (Lipinski definition) is 2. The number of hydrogen-bond acceptors (Lipinski definition) is 4. The van der Waals surface area contributed by atoms with Gasteiger partial charge in [-0.1, -0.05) is 30.3 Å². The maximum absolute atomic E-state index is 5.93. The molecule has 1 fully saturated rings. The van der Waals surface area contributed by atoms with E-state index in [2.05, 4.69) is 76.8 Å². The normalized spacial score (nSPS) is 20.4. The van der Waals surface area contributed by atoms with Crippen LogP contribution in [0, 0.1) is 0 Å². The second-order valence-electron chi connectivity index (χ2n) is 8.87. The van der Waals surface area contributed by atoms with E-state index < -0.39 is 0 Å². The van der Waals surface area contributed by atoms with Crippen LogP contribution in [0.5, 0.6) is 11.5 Å². The summed E-state index contributed by atoms with van der Waals surface area (Å²) in [6.45, 7) is 7.20. The van der Waals surface area contributed by atoms with Crippen molar-refractivity contribution in [2.45, 2.75) is 57.8 Å². The van der Waals surface area contributed by atoms with E-state index in [1.165, 1.54) is 11.1 Å². The highest BCUT2D eigenvalue weighted by molar-refractivity contribution is 5.80. The summed E-state index contributed by atoms with van der Waals surface area (Å²) >= 11 is 0. The second kappa shape index (κ2) is 10.3. The van der Waals surface area contributed by atoms with Crippen molar-refractivity contribution >= 4 is 5.96 Å². The van der Waals surface area contributed by atoms with Crippen molar-refractivity contribution in [3.8, 4) is 11.5 Å². The van der Waals surface area contributed by atoms with E-state index in [1.54, 1.807) is 7.11 Å². The van der Waals surface area contributed by atoms with Gasteiger partial charge >= 0.3 is 0 Å². The molecular formula is C26H36N4O2. The minimum absolute atomic E-state index is 0.225. The fraction of sp³-hybridized carbons (Fsp3) is 0.500. The van der Waals surface area contributed by atoms with Crippen LogP contribution >= 0.6 is 0 Å². The van der Waals surface area contributed by atoms with Crippen LogP contribution < -0.4 is 20.1 Å². The predicted molar refractivity (Wildman–Crippen MR) is 130 cm³/mol. The highest BCUT2D eigenvalue weighted by Crippen LogP contribution is 2.35. The molecule has 2 unspecified atom stereocenters. The van der Waals surface area contributed by atoms with Gasteiger partial charge in [0.1, 0.15) is 17.6 Å². The van der Waals surface area contributed by atoms with Crippen molar-refractivity contribution in [1.82, 2.24) is 15.5 Å². The van der Waals surface area contributed by atoms with Gasteiger partial charge < -0.3 is 20.1 Å². The minimum atomic E-state index is 0.225. The zero-order valence-electron chi connectivity index (χ0n) is 19.7. The summed E-state index contributed by atoms with van der Waals surface area (Å²) in [7, 11) is 3.55. The summed E-state index contributed by atoms with van der Waals surface area (Å²) < 4.78 is 11.6. The van der Waals surface area contributed by atoms with Crippen molar-refractivity contribution in [3.05, 3.63) is 59.2 Å². The quantitative estimate of drug-likeness (QED) is 0.531. The van der Waals surface area contributed by atoms with Crippen molar-refractivity contribution in [3.63, 3.8) is 0 Å². The molecule has 0 bridgehead atoms. The van der Waals surface area contributed by atoms with Crippen LogP contribution in [0.4, 0.5) is 0 Å². The topological polar surface area (TPSA) is 58.1 Å². The molecule has 6 nitrogen and oxygen atoms in total. The highest BCUT2D eigenvalue weighted by Gasteiger charge is 2.25. The minimum Gasteiger partial charge on any atom is -0.496 e. The Bertz CT molecular complexity index is 923. The maximum atomic E-state index is 5.93. The van der Waals surface area contributed by atoms with Crippen LogP contribution in [0.1, 0.15) is 49.4 Å². The Morgan fingerprint density at radius 2 is 1.97 bits per heavy atom. The van der Waals surface area contributed by atoms with Crippen LogP contribution in [-0.2, 0) is 13.0 Å². The van der Waals surface area contributed by atoms with Gasteiger partial charge in [-0.15, -0.1) is 0 Å². The molecule has 2 atom stereocenters. The number of fused-ring (bicyclic) bond motifs is 1. The zero-order valence-corrected chi connectivity index (χ0v) is 19.7. The largest absolute Gasteiger partial charge is 0.496 e. The third-order valence-corrected chi connectivity index (χ3v) is 6.67. The third-order valence-electron chi connectivity index (χ3n) is 6.67. The van der Waals surface area contributed by atoms with Crippen LogP contribution in [0.25, 0.3) is 0 Å². The molecule has 2 aromatic carbocycles. The molecule has 0 aliphatic carbocycles. The first-order chi connectivity index (χ1) is 15.6. The number of nitrogens with zero attached hydrogens (tertiary/aromatic N) is 2. The fourth-order valence-electron chi connectivity index (χ4n) is 4.75. The smallest absolute Gasteiger partial charge is 0.191 e. The van der Waals surface area contributed by atoms with Gasteiger partial charge in [-0.25, -0.2) is 0 Å². The number of ether oxygens (including phenoxy) is 2. The molecule has 2 N–H and O–H groups in total. The molecule has 0 aromatic heterocycles. The zero-order chi connectivity index (χ0) is 22.5. The molecule has 2 aliphatic heterocycles. The van der Waals surface area contributed by atoms with Crippen molar-refractivity contribution < 1.29 is 9.47 Å². The molecule has 0 amide bonds. The SMILES string of the molecule is CN=C(NCc1cc2c(cc1OC)CC(C)O2)NC1CCN(C(C)c2ccccc2)CC1. The Morgan fingerprint density at radius 3 is 2.66 bits per heavy atom. The Labute approximate surface area is 192 Å². The van der Waals surface area contributed by atoms with Crippen molar-refractivity contribution in [1.29, 1.82) is 0 Å². The number of guanidine groups is 1. The van der Waals surface area contributed by atoms with Crippen LogP contribution in [-0.4, -0.2) is 50.3 Å². The molecule has 2 heterocycles. The lowest BCUT2D eigenvalue weighted by Crippen LogP contribution is -2.48. The van der Waals surface area contributed by atoms with Crippen molar-refractivity contribution in [2.24, 2.45) is 4.99 Å². The molecule has 172 valence electrons. The van der Waals surface area contributed by atoms with E-state index in [4.69, 9.17) is 9.47 Å². The Balaban J connectivity index is 1.29. The molecule has 0 saturated carbocycles. The summed E-state index contributed by atoms with van der Waals surface area (Å²) in [6, 6.07) is 15.9. The van der Waals surface area contributed by atoms with E-state index in [0.29, 0.717) is 18.6 Å². The first-order valence-corrected chi connectivity index (χ1v) is 11.7. The van der Waals surface area contributed by atoms with Gasteiger partial charge in [0.2, 0.25) is 0 Å². The van der Waals surface area contributed by atoms with Crippen LogP contribution in [0.2, 0.25) is 0 Å². The predicted octanol–water partition coefficient (Wildman–Crippen LogP) is 3.91. The van der Waals surface area contributed by atoms with E-state index in [0.717, 1.165) is 55.4 Å². The Morgan fingerprint density at radius 1 is 1.22 bits per heavy atom. The monoisotopic (exact) mass is 436 g/mol. The Hall–Kier alpha value is -2.73. The molecule has 0 radical (unpaired) electrons. The average molecular weight is 437 g/mol. The van der Waals surface area contributed by atoms with Crippen LogP contribution in [0.15, 0.2) is 47.5 Å². The number of benzene rings is 2. The lowest BCUT2D eigenvalue weighted by atomic mass is 10.0. The molecule has 4 rings (SSSR count). The van der Waals surface area contributed by atoms with Crippen molar-refractivity contribution in [2.75, 3.05) is 27.2 Å². The van der Waals surface area contributed by atoms with Gasteiger partial charge in [-0.2, -0.15) is 0 Å². The number of piperidine rings is 1. The van der Waals surface area contributed by atoms with E-state index >= 15 is 0 Å². The molecule has 32 heavy (non-hydrogen) atoms. The number of rotatable bonds is 6. The second-order valence-corrected chi connectivity index (χ2v) is 8.87. The summed E-state index contributed by atoms with van der Waals surface area (Å²) in [5.74, 6) is 2.70. The number of methoxy groups -OCH3 is 1. The standard InChI is InChI=1S/C26H36N4O2/c1-18-14-21-15-24(31-4)22(16-25(21)32-18)17-28-26(27-3)29-23-10-12-30(13-11-23)19(2)20-8-6-5-7-9-20/h5-9,15-16,18-19,23H,10-14,17H2,1-4H3,(H2,27,28,29). The number of nitrogens with one attached hydrogen (secondary N) is 2. The molecule has 2 aromatic rings. The molecule has 6 heteroatoms. The third kappa shape index (κ3) is 5.18. The molecule has 0 spiro atoms. The van der Waals surface area contributed by atoms with Gasteiger partial charge in [0.05, 0.1) is 7.11 Å². The first-order valence-electron chi connectivity index (χ1n) is 11.7. The summed E-state index contributed by atoms with van der Waals surface area (Å²) in [4.78, 5) is 7.02. The average Bonchev–Trinajstić information content (AvgIpc) is 3.20. The summed E-state index contributed by atoms with van der Waals surface area (Å²) in [5.41, 5.74) is 3.69. The van der Waals surface area contributed by atoms with Gasteiger partial charge in [0, 0.05) is 56.3 Å². The first kappa shape index (κ1) is 22.5. The van der Waals surface area contributed by atoms with Crippen LogP contribution in [0.3, 0.4) is 0 Å². The van der Waals surface area contributed by atoms with E-state index in [1.807, 2.05) is 7.05 Å². The lowest BCUT2D eigenvalue weighted by Gasteiger charge is -2.37. The van der Waals surface area contributed by atoms with Gasteiger partial charge in [0.15, 0.2) is 5.96 Å². The highest BCUT2D eigenvalue weighted by atomic mass is 16.5. The molecule has 2 aliphatic rings. The number of likely N-dealkylation sites (tertiary alicyclic amines) is 1. The van der Waals surface area contributed by atoms with E-state index in [-0.39, 0.29) is 6.10 Å². The Kier molecular flexibility index (Phi) is 7.20. The van der Waals surface area contributed by atoms with Gasteiger partial charge in [-0.3, -0.25) is 9.89 Å². The van der Waals surface area contributed by atoms with Gasteiger partial charge in [0.25, 0.3) is 0 Å². The van der Waals surface area contributed by atoms with E-state index in [9.17, 15) is 0 Å². The fourth-order valence-corrected chi connectivity index (χ4v) is 4.75. The van der Waals surface area contributed by atoms with Gasteiger partial charge in [-0.05, 0) is 44.4 Å². The maximum Gasteiger partial charge on any atom is 0.191 e.